The van der Waals surface area contributed by atoms with Crippen LogP contribution in [0.1, 0.15) is 42.6 Å². The van der Waals surface area contributed by atoms with Crippen molar-refractivity contribution in [3.63, 3.8) is 0 Å². The van der Waals surface area contributed by atoms with E-state index in [2.05, 4.69) is 15.9 Å². The van der Waals surface area contributed by atoms with Gasteiger partial charge in [0, 0.05) is 0 Å². The smallest absolute Gasteiger partial charge is 0.176 e. The number of Topliss-reactive ketones (excluding diaryl/α,β-unsaturated/α-hetero) is 1. The molecule has 21 heavy (non-hydrogen) atoms. The van der Waals surface area contributed by atoms with Crippen LogP contribution in [0.5, 0.6) is 0 Å². The number of halogens is 2. The molecule has 0 saturated heterocycles. The summed E-state index contributed by atoms with van der Waals surface area (Å²) in [7, 11) is 0. The molecule has 0 aliphatic heterocycles. The Kier molecular flexibility index (Phi) is 4.94. The number of rotatable bonds is 5. The van der Waals surface area contributed by atoms with E-state index in [1.807, 2.05) is 44.2 Å². The van der Waals surface area contributed by atoms with Crippen LogP contribution in [0.25, 0.3) is 0 Å². The predicted molar refractivity (Wildman–Crippen MR) is 87.1 cm³/mol. The first-order valence-electron chi connectivity index (χ1n) is 7.11. The van der Waals surface area contributed by atoms with E-state index in [9.17, 15) is 9.18 Å². The second kappa shape index (κ2) is 6.52. The molecule has 2 aromatic carbocycles. The molecule has 2 aromatic rings. The number of carbonyl (C=O) groups excluding carboxylic acids is 1. The molecule has 0 N–H and O–H groups in total. The Morgan fingerprint density at radius 2 is 1.67 bits per heavy atom. The monoisotopic (exact) mass is 348 g/mol. The maximum Gasteiger partial charge on any atom is 0.176 e. The first-order chi connectivity index (χ1) is 10.1. The molecule has 0 bridgehead atoms. The van der Waals surface area contributed by atoms with Crippen molar-refractivity contribution in [2.24, 2.45) is 0 Å². The molecule has 1 nitrogen and oxygen atoms in total. The van der Waals surface area contributed by atoms with Gasteiger partial charge in [0.25, 0.3) is 0 Å². The Balaban J connectivity index is 2.58. The van der Waals surface area contributed by atoms with Crippen molar-refractivity contribution in [1.82, 2.24) is 0 Å². The van der Waals surface area contributed by atoms with Crippen molar-refractivity contribution in [3.05, 3.63) is 69.9 Å². The average molecular weight is 349 g/mol. The Hall–Kier alpha value is -1.48. The molecule has 0 fully saturated rings. The summed E-state index contributed by atoms with van der Waals surface area (Å²) in [4.78, 5) is 13.0. The van der Waals surface area contributed by atoms with Crippen molar-refractivity contribution in [1.29, 1.82) is 0 Å². The van der Waals surface area contributed by atoms with Gasteiger partial charge in [-0.15, -0.1) is 0 Å². The second-order valence-corrected chi connectivity index (χ2v) is 5.94. The molecular weight excluding hydrogens is 331 g/mol. The molecule has 0 heterocycles. The fraction of sp³-hybridized carbons (Fsp3) is 0.278. The Morgan fingerprint density at radius 1 is 1.05 bits per heavy atom. The van der Waals surface area contributed by atoms with Gasteiger partial charge in [0.15, 0.2) is 5.78 Å². The lowest BCUT2D eigenvalue weighted by atomic mass is 9.70. The normalized spacial score (nSPS) is 11.4. The fourth-order valence-electron chi connectivity index (χ4n) is 2.80. The molecule has 0 spiro atoms. The maximum atomic E-state index is 14.3. The SMILES string of the molecule is CCC(CC)(C(=O)c1cccc(Br)c1F)c1ccccc1. The number of hydrogen-bond acceptors (Lipinski definition) is 1. The summed E-state index contributed by atoms with van der Waals surface area (Å²) in [6.07, 6.45) is 1.27. The van der Waals surface area contributed by atoms with Gasteiger partial charge in [0.05, 0.1) is 15.5 Å². The fourth-order valence-corrected chi connectivity index (χ4v) is 3.17. The summed E-state index contributed by atoms with van der Waals surface area (Å²) in [5.41, 5.74) is 0.416. The molecule has 110 valence electrons. The maximum absolute atomic E-state index is 14.3. The van der Waals surface area contributed by atoms with E-state index >= 15 is 0 Å². The summed E-state index contributed by atoms with van der Waals surface area (Å²) in [5.74, 6) is -0.637. The van der Waals surface area contributed by atoms with Crippen LogP contribution in [-0.4, -0.2) is 5.78 Å². The Morgan fingerprint density at radius 3 is 2.24 bits per heavy atom. The van der Waals surface area contributed by atoms with Crippen LogP contribution >= 0.6 is 15.9 Å². The molecule has 0 radical (unpaired) electrons. The van der Waals surface area contributed by atoms with Crippen LogP contribution < -0.4 is 0 Å². The van der Waals surface area contributed by atoms with Crippen LogP contribution in [0.4, 0.5) is 4.39 Å². The van der Waals surface area contributed by atoms with E-state index in [0.717, 1.165) is 5.56 Å². The third-order valence-electron chi connectivity index (χ3n) is 4.16. The summed E-state index contributed by atoms with van der Waals surface area (Å²) in [6, 6.07) is 14.5. The standard InChI is InChI=1S/C18H18BrFO/c1-3-18(4-2,13-9-6-5-7-10-13)17(21)14-11-8-12-15(19)16(14)20/h5-12H,3-4H2,1-2H3. The quantitative estimate of drug-likeness (QED) is 0.649. The van der Waals surface area contributed by atoms with Crippen LogP contribution in [0.2, 0.25) is 0 Å². The van der Waals surface area contributed by atoms with Crippen molar-refractivity contribution in [2.45, 2.75) is 32.1 Å². The molecule has 0 amide bonds. The molecule has 0 unspecified atom stereocenters. The second-order valence-electron chi connectivity index (χ2n) is 5.09. The van der Waals surface area contributed by atoms with Crippen molar-refractivity contribution in [3.8, 4) is 0 Å². The molecule has 3 heteroatoms. The summed E-state index contributed by atoms with van der Waals surface area (Å²) in [6.45, 7) is 3.95. The molecule has 0 aliphatic rings. The Labute approximate surface area is 133 Å². The van der Waals surface area contributed by atoms with Crippen molar-refractivity contribution >= 4 is 21.7 Å². The highest BCUT2D eigenvalue weighted by atomic mass is 79.9. The molecule has 0 saturated carbocycles. The minimum atomic E-state index is -0.678. The van der Waals surface area contributed by atoms with Gasteiger partial charge in [-0.05, 0) is 46.5 Å². The first kappa shape index (κ1) is 15.9. The van der Waals surface area contributed by atoms with Gasteiger partial charge in [-0.2, -0.15) is 0 Å². The number of ketones is 1. The van der Waals surface area contributed by atoms with E-state index in [1.165, 1.54) is 0 Å². The zero-order valence-electron chi connectivity index (χ0n) is 12.2. The molecule has 0 aliphatic carbocycles. The van der Waals surface area contributed by atoms with Crippen LogP contribution in [0.3, 0.4) is 0 Å². The molecule has 2 rings (SSSR count). The van der Waals surface area contributed by atoms with Gasteiger partial charge in [-0.1, -0.05) is 50.2 Å². The van der Waals surface area contributed by atoms with Crippen LogP contribution in [-0.2, 0) is 5.41 Å². The van der Waals surface area contributed by atoms with E-state index in [1.54, 1.807) is 18.2 Å². The highest BCUT2D eigenvalue weighted by Crippen LogP contribution is 2.36. The van der Waals surface area contributed by atoms with E-state index in [-0.39, 0.29) is 11.3 Å². The number of carbonyl (C=O) groups is 1. The highest BCUT2D eigenvalue weighted by Gasteiger charge is 2.38. The lowest BCUT2D eigenvalue weighted by molar-refractivity contribution is 0.0868. The lowest BCUT2D eigenvalue weighted by Crippen LogP contribution is -2.35. The van der Waals surface area contributed by atoms with Gasteiger partial charge < -0.3 is 0 Å². The zero-order valence-corrected chi connectivity index (χ0v) is 13.8. The number of benzene rings is 2. The average Bonchev–Trinajstić information content (AvgIpc) is 2.53. The molecular formula is C18H18BrFO. The third kappa shape index (κ3) is 2.80. The largest absolute Gasteiger partial charge is 0.293 e. The van der Waals surface area contributed by atoms with Gasteiger partial charge in [0.1, 0.15) is 5.82 Å². The lowest BCUT2D eigenvalue weighted by Gasteiger charge is -2.31. The summed E-state index contributed by atoms with van der Waals surface area (Å²) >= 11 is 3.15. The minimum Gasteiger partial charge on any atom is -0.293 e. The van der Waals surface area contributed by atoms with E-state index < -0.39 is 11.2 Å². The third-order valence-corrected chi connectivity index (χ3v) is 4.78. The topological polar surface area (TPSA) is 17.1 Å². The van der Waals surface area contributed by atoms with Crippen molar-refractivity contribution < 1.29 is 9.18 Å². The van der Waals surface area contributed by atoms with Gasteiger partial charge >= 0.3 is 0 Å². The van der Waals surface area contributed by atoms with Gasteiger partial charge in [0.2, 0.25) is 0 Å². The molecule has 0 aromatic heterocycles. The van der Waals surface area contributed by atoms with Crippen LogP contribution in [0.15, 0.2) is 53.0 Å². The van der Waals surface area contributed by atoms with Crippen molar-refractivity contribution in [2.75, 3.05) is 0 Å². The van der Waals surface area contributed by atoms with Crippen LogP contribution in [0, 0.1) is 5.82 Å². The van der Waals surface area contributed by atoms with Gasteiger partial charge in [-0.3, -0.25) is 4.79 Å². The Bertz CT molecular complexity index is 633. The summed E-state index contributed by atoms with van der Waals surface area (Å²) < 4.78 is 14.6. The predicted octanol–water partition coefficient (Wildman–Crippen LogP) is 5.53. The van der Waals surface area contributed by atoms with E-state index in [4.69, 9.17) is 0 Å². The minimum absolute atomic E-state index is 0.150. The van der Waals surface area contributed by atoms with Gasteiger partial charge in [-0.25, -0.2) is 4.39 Å². The van der Waals surface area contributed by atoms with E-state index in [0.29, 0.717) is 17.3 Å². The molecule has 0 atom stereocenters. The summed E-state index contributed by atoms with van der Waals surface area (Å²) in [5, 5.41) is 0. The highest BCUT2D eigenvalue weighted by molar-refractivity contribution is 9.10. The first-order valence-corrected chi connectivity index (χ1v) is 7.90. The number of hydrogen-bond donors (Lipinski definition) is 0. The zero-order chi connectivity index (χ0) is 15.5.